The van der Waals surface area contributed by atoms with E-state index in [1.54, 1.807) is 62.6 Å². The van der Waals surface area contributed by atoms with Crippen molar-refractivity contribution in [2.45, 2.75) is 24.9 Å². The highest BCUT2D eigenvalue weighted by Gasteiger charge is 2.49. The fourth-order valence-electron chi connectivity index (χ4n) is 5.99. The van der Waals surface area contributed by atoms with Crippen molar-refractivity contribution in [3.63, 3.8) is 0 Å². The van der Waals surface area contributed by atoms with Crippen LogP contribution in [0.25, 0.3) is 38.8 Å². The quantitative estimate of drug-likeness (QED) is 0.260. The Balaban J connectivity index is 1.47. The van der Waals surface area contributed by atoms with Gasteiger partial charge in [0, 0.05) is 42.7 Å². The number of alkyl halides is 3. The number of sulfonamides is 1. The molecule has 0 aliphatic carbocycles. The van der Waals surface area contributed by atoms with Crippen molar-refractivity contribution in [2.24, 2.45) is 7.05 Å². The average molecular weight is 655 g/mol. The lowest BCUT2D eigenvalue weighted by atomic mass is 9.72. The number of hydrogen-bond acceptors (Lipinski definition) is 8. The van der Waals surface area contributed by atoms with Crippen LogP contribution < -0.4 is 11.4 Å². The number of halogens is 3. The Morgan fingerprint density at radius 1 is 1.04 bits per heavy atom. The van der Waals surface area contributed by atoms with Crippen molar-refractivity contribution in [2.75, 3.05) is 31.7 Å². The van der Waals surface area contributed by atoms with Crippen LogP contribution in [0.1, 0.15) is 24.5 Å². The molecule has 0 spiro atoms. The minimum atomic E-state index is -4.69. The highest BCUT2D eigenvalue weighted by Crippen LogP contribution is 2.40. The van der Waals surface area contributed by atoms with E-state index in [0.29, 0.717) is 38.8 Å². The minimum absolute atomic E-state index is 0.0183. The van der Waals surface area contributed by atoms with Gasteiger partial charge in [-0.3, -0.25) is 18.9 Å². The van der Waals surface area contributed by atoms with Gasteiger partial charge in [-0.2, -0.15) is 13.2 Å². The van der Waals surface area contributed by atoms with Gasteiger partial charge in [-0.25, -0.2) is 22.5 Å². The second-order valence-corrected chi connectivity index (χ2v) is 13.4. The van der Waals surface area contributed by atoms with Crippen LogP contribution in [-0.4, -0.2) is 63.7 Å². The maximum Gasteiger partial charge on any atom is 0.419 e. The first-order valence-corrected chi connectivity index (χ1v) is 16.0. The number of nitrogen functional groups attached to an aromatic ring is 1. The van der Waals surface area contributed by atoms with E-state index in [0.717, 1.165) is 12.3 Å². The van der Waals surface area contributed by atoms with Crippen LogP contribution in [0.15, 0.2) is 65.7 Å². The van der Waals surface area contributed by atoms with Gasteiger partial charge in [0.2, 0.25) is 10.0 Å². The van der Waals surface area contributed by atoms with Crippen LogP contribution in [0, 0.1) is 0 Å². The average Bonchev–Trinajstić information content (AvgIpc) is 3.23. The number of carbonyl (C=O) groups excluding carboxylic acids is 1. The number of hydrogen-bond donors (Lipinski definition) is 1. The minimum Gasteiger partial charge on any atom is -0.466 e. The number of fused-ring (bicyclic) bond motifs is 3. The first-order valence-electron chi connectivity index (χ1n) is 14.2. The van der Waals surface area contributed by atoms with Gasteiger partial charge in [0.05, 0.1) is 53.3 Å². The third kappa shape index (κ3) is 5.28. The smallest absolute Gasteiger partial charge is 0.419 e. The molecule has 4 heterocycles. The molecule has 2 aromatic carbocycles. The summed E-state index contributed by atoms with van der Waals surface area (Å²) in [7, 11) is -1.87. The Morgan fingerprint density at radius 3 is 2.37 bits per heavy atom. The summed E-state index contributed by atoms with van der Waals surface area (Å²) >= 11 is 0. The van der Waals surface area contributed by atoms with Crippen molar-refractivity contribution in [3.8, 4) is 16.8 Å². The molecule has 46 heavy (non-hydrogen) atoms. The van der Waals surface area contributed by atoms with Gasteiger partial charge in [-0.15, -0.1) is 0 Å². The van der Waals surface area contributed by atoms with Gasteiger partial charge in [-0.05, 0) is 48.4 Å². The van der Waals surface area contributed by atoms with Gasteiger partial charge < -0.3 is 10.5 Å². The van der Waals surface area contributed by atoms with E-state index in [4.69, 9.17) is 10.5 Å². The van der Waals surface area contributed by atoms with Gasteiger partial charge >= 0.3 is 17.8 Å². The third-order valence-electron chi connectivity index (χ3n) is 8.39. The molecule has 5 aromatic rings. The van der Waals surface area contributed by atoms with E-state index in [2.05, 4.69) is 9.97 Å². The summed E-state index contributed by atoms with van der Waals surface area (Å²) < 4.78 is 74.4. The van der Waals surface area contributed by atoms with E-state index < -0.39 is 39.0 Å². The van der Waals surface area contributed by atoms with Crippen molar-refractivity contribution in [1.82, 2.24) is 23.4 Å². The molecule has 240 valence electrons. The lowest BCUT2D eigenvalue weighted by Crippen LogP contribution is -2.61. The zero-order valence-corrected chi connectivity index (χ0v) is 25.8. The molecule has 2 N–H and O–H groups in total. The topological polar surface area (TPSA) is 142 Å². The van der Waals surface area contributed by atoms with Crippen LogP contribution in [0.3, 0.4) is 0 Å². The Bertz CT molecular complexity index is 2190. The van der Waals surface area contributed by atoms with Gasteiger partial charge in [0.1, 0.15) is 5.82 Å². The molecule has 3 aromatic heterocycles. The predicted octanol–water partition coefficient (Wildman–Crippen LogP) is 4.01. The molecule has 1 aliphatic heterocycles. The number of nitrogens with two attached hydrogens (primary N) is 1. The number of carbonyl (C=O) groups is 1. The van der Waals surface area contributed by atoms with Crippen LogP contribution in [0.4, 0.5) is 19.0 Å². The van der Waals surface area contributed by atoms with E-state index in [9.17, 15) is 31.2 Å². The van der Waals surface area contributed by atoms with Gasteiger partial charge in [-0.1, -0.05) is 18.2 Å². The van der Waals surface area contributed by atoms with E-state index >= 15 is 0 Å². The standard InChI is InChI=1S/C31H29F3N6O5S/c1-4-45-26(41)13-30(16-39(17-30)46(3,43)44)20-6-8-21(9-7-20)40-27-22-11-18(19-12-23(31(32,33)34)28(35)37-14-19)5-10-24(22)36-15-25(27)38(2)29(40)42/h5-12,14-15H,4,13,16-17H2,1-3H3,(H2,35,37). The fourth-order valence-corrected chi connectivity index (χ4v) is 6.95. The molecule has 1 aliphatic rings. The second kappa shape index (κ2) is 10.9. The number of esters is 1. The molecule has 0 saturated carbocycles. The number of aryl methyl sites for hydroxylation is 1. The molecular formula is C31H29F3N6O5S. The summed E-state index contributed by atoms with van der Waals surface area (Å²) in [6.07, 6.45) is -0.787. The third-order valence-corrected chi connectivity index (χ3v) is 9.59. The summed E-state index contributed by atoms with van der Waals surface area (Å²) in [4.78, 5) is 34.3. The first-order chi connectivity index (χ1) is 21.6. The normalized spacial score (nSPS) is 15.3. The molecular weight excluding hydrogens is 625 g/mol. The molecule has 0 bridgehead atoms. The molecule has 6 rings (SSSR count). The number of imidazole rings is 1. The van der Waals surface area contributed by atoms with Crippen LogP contribution in [-0.2, 0) is 38.2 Å². The molecule has 15 heteroatoms. The summed E-state index contributed by atoms with van der Waals surface area (Å²) in [5, 5.41) is 0.517. The number of pyridine rings is 2. The van der Waals surface area contributed by atoms with E-state index in [1.165, 1.54) is 19.6 Å². The maximum atomic E-state index is 13.6. The van der Waals surface area contributed by atoms with Crippen molar-refractivity contribution in [3.05, 3.63) is 82.5 Å². The monoisotopic (exact) mass is 654 g/mol. The molecule has 11 nitrogen and oxygen atoms in total. The van der Waals surface area contributed by atoms with Crippen LogP contribution in [0.5, 0.6) is 0 Å². The Hall–Kier alpha value is -4.76. The number of benzene rings is 2. The number of ether oxygens (including phenoxy) is 1. The van der Waals surface area contributed by atoms with E-state index in [1.807, 2.05) is 0 Å². The summed E-state index contributed by atoms with van der Waals surface area (Å²) in [5.74, 6) is -1.07. The summed E-state index contributed by atoms with van der Waals surface area (Å²) in [6.45, 7) is 2.09. The predicted molar refractivity (Wildman–Crippen MR) is 166 cm³/mol. The zero-order valence-electron chi connectivity index (χ0n) is 25.0. The molecule has 0 atom stereocenters. The molecule has 0 radical (unpaired) electrons. The molecule has 0 amide bonds. The van der Waals surface area contributed by atoms with Crippen molar-refractivity contribution in [1.29, 1.82) is 0 Å². The number of nitrogens with zero attached hydrogens (tertiary/aromatic N) is 5. The Kier molecular flexibility index (Phi) is 7.43. The maximum absolute atomic E-state index is 13.6. The van der Waals surface area contributed by atoms with Gasteiger partial charge in [0.25, 0.3) is 0 Å². The lowest BCUT2D eigenvalue weighted by Gasteiger charge is -2.48. The van der Waals surface area contributed by atoms with Crippen LogP contribution in [0.2, 0.25) is 0 Å². The van der Waals surface area contributed by atoms with Gasteiger partial charge in [0.15, 0.2) is 0 Å². The summed E-state index contributed by atoms with van der Waals surface area (Å²) in [6, 6.07) is 12.8. The summed E-state index contributed by atoms with van der Waals surface area (Å²) in [5.41, 5.74) is 6.55. The molecule has 1 fully saturated rings. The van der Waals surface area contributed by atoms with Crippen molar-refractivity contribution < 1.29 is 31.1 Å². The number of aromatic nitrogens is 4. The van der Waals surface area contributed by atoms with Crippen molar-refractivity contribution >= 4 is 43.7 Å². The zero-order chi connectivity index (χ0) is 33.2. The second-order valence-electron chi connectivity index (χ2n) is 11.4. The first kappa shape index (κ1) is 31.2. The molecule has 1 saturated heterocycles. The molecule has 0 unspecified atom stereocenters. The highest BCUT2D eigenvalue weighted by molar-refractivity contribution is 7.88. The SMILES string of the molecule is CCOC(=O)CC1(c2ccc(-n3c(=O)n(C)c4cnc5ccc(-c6cnc(N)c(C(F)(F)F)c6)cc5c43)cc2)CN(S(C)(=O)=O)C1. The largest absolute Gasteiger partial charge is 0.466 e. The number of rotatable bonds is 7. The lowest BCUT2D eigenvalue weighted by molar-refractivity contribution is -0.146. The van der Waals surface area contributed by atoms with E-state index in [-0.39, 0.29) is 37.4 Å². The Labute approximate surface area is 261 Å². The highest BCUT2D eigenvalue weighted by atomic mass is 32.2. The van der Waals surface area contributed by atoms with Crippen LogP contribution >= 0.6 is 0 Å². The Morgan fingerprint density at radius 2 is 1.74 bits per heavy atom. The fraction of sp³-hybridized carbons (Fsp3) is 0.290. The number of anilines is 1.